The number of nitrogens with one attached hydrogen (secondary N) is 1. The molecule has 7 heteroatoms. The molecule has 31 heavy (non-hydrogen) atoms. The number of para-hydroxylation sites is 1. The van der Waals surface area contributed by atoms with Gasteiger partial charge in [0.1, 0.15) is 5.76 Å². The summed E-state index contributed by atoms with van der Waals surface area (Å²) in [6.45, 7) is 7.54. The van der Waals surface area contributed by atoms with Gasteiger partial charge in [-0.2, -0.15) is 4.31 Å². The third-order valence-electron chi connectivity index (χ3n) is 5.08. The molecule has 0 aliphatic rings. The Hall–Kier alpha value is -2.90. The zero-order chi connectivity index (χ0) is 22.6. The molecular formula is C24H28N2O4S. The van der Waals surface area contributed by atoms with E-state index in [-0.39, 0.29) is 23.9 Å². The highest BCUT2D eigenvalue weighted by Crippen LogP contribution is 2.27. The quantitative estimate of drug-likeness (QED) is 0.543. The molecule has 164 valence electrons. The summed E-state index contributed by atoms with van der Waals surface area (Å²) in [5, 5.41) is 2.93. The van der Waals surface area contributed by atoms with Gasteiger partial charge in [-0.05, 0) is 55.2 Å². The second kappa shape index (κ2) is 9.49. The molecular weight excluding hydrogens is 412 g/mol. The first-order chi connectivity index (χ1) is 14.7. The lowest BCUT2D eigenvalue weighted by Crippen LogP contribution is -2.37. The molecule has 1 heterocycles. The minimum absolute atomic E-state index is 0.0402. The fourth-order valence-electron chi connectivity index (χ4n) is 3.34. The number of aryl methyl sites for hydroxylation is 2. The number of anilines is 1. The molecule has 2 aromatic carbocycles. The summed E-state index contributed by atoms with van der Waals surface area (Å²) in [4.78, 5) is 13.1. The van der Waals surface area contributed by atoms with Crippen LogP contribution in [0.3, 0.4) is 0 Å². The van der Waals surface area contributed by atoms with Gasteiger partial charge in [0.25, 0.3) is 0 Å². The second-order valence-corrected chi connectivity index (χ2v) is 9.85. The Labute approximate surface area is 183 Å². The Balaban J connectivity index is 1.89. The molecule has 0 spiro atoms. The SMILES string of the molecule is Cc1ccc(S(=O)(=O)N(CC(=O)Nc2c(C)cccc2C(C)C)Cc2ccco2)cc1. The predicted octanol–water partition coefficient (Wildman–Crippen LogP) is 4.85. The topological polar surface area (TPSA) is 79.6 Å². The second-order valence-electron chi connectivity index (χ2n) is 7.91. The van der Waals surface area contributed by atoms with E-state index in [4.69, 9.17) is 4.42 Å². The maximum absolute atomic E-state index is 13.3. The Morgan fingerprint density at radius 2 is 1.74 bits per heavy atom. The molecule has 6 nitrogen and oxygen atoms in total. The monoisotopic (exact) mass is 440 g/mol. The summed E-state index contributed by atoms with van der Waals surface area (Å²) in [6.07, 6.45) is 1.48. The third-order valence-corrected chi connectivity index (χ3v) is 6.89. The largest absolute Gasteiger partial charge is 0.468 e. The standard InChI is InChI=1S/C24H28N2O4S/c1-17(2)22-9-5-7-19(4)24(22)25-23(27)16-26(15-20-8-6-14-30-20)31(28,29)21-12-10-18(3)11-13-21/h5-14,17H,15-16H2,1-4H3,(H,25,27). The Morgan fingerprint density at radius 1 is 1.03 bits per heavy atom. The first-order valence-corrected chi connectivity index (χ1v) is 11.6. The van der Waals surface area contributed by atoms with Crippen molar-refractivity contribution in [1.29, 1.82) is 0 Å². The van der Waals surface area contributed by atoms with Crippen LogP contribution in [0.5, 0.6) is 0 Å². The molecule has 1 N–H and O–H groups in total. The van der Waals surface area contributed by atoms with E-state index in [1.807, 2.05) is 32.0 Å². The van der Waals surface area contributed by atoms with E-state index in [1.54, 1.807) is 36.4 Å². The Morgan fingerprint density at radius 3 is 2.35 bits per heavy atom. The van der Waals surface area contributed by atoms with Gasteiger partial charge < -0.3 is 9.73 Å². The lowest BCUT2D eigenvalue weighted by Gasteiger charge is -2.22. The predicted molar refractivity (Wildman–Crippen MR) is 121 cm³/mol. The van der Waals surface area contributed by atoms with Crippen molar-refractivity contribution in [3.63, 3.8) is 0 Å². The number of rotatable bonds is 8. The first kappa shape index (κ1) is 22.8. The summed E-state index contributed by atoms with van der Waals surface area (Å²) in [5.41, 5.74) is 3.62. The van der Waals surface area contributed by atoms with Crippen molar-refractivity contribution >= 4 is 21.6 Å². The fraction of sp³-hybridized carbons (Fsp3) is 0.292. The van der Waals surface area contributed by atoms with Crippen LogP contribution >= 0.6 is 0 Å². The molecule has 1 amide bonds. The maximum atomic E-state index is 13.3. The van der Waals surface area contributed by atoms with E-state index in [1.165, 1.54) is 6.26 Å². The van der Waals surface area contributed by atoms with Gasteiger partial charge in [0.05, 0.1) is 24.2 Å². The summed E-state index contributed by atoms with van der Waals surface area (Å²) >= 11 is 0. The molecule has 0 saturated carbocycles. The fourth-order valence-corrected chi connectivity index (χ4v) is 4.71. The third kappa shape index (κ3) is 5.42. The number of hydrogen-bond acceptors (Lipinski definition) is 4. The van der Waals surface area contributed by atoms with Crippen LogP contribution < -0.4 is 5.32 Å². The number of nitrogens with zero attached hydrogens (tertiary/aromatic N) is 1. The molecule has 0 radical (unpaired) electrons. The molecule has 0 unspecified atom stereocenters. The van der Waals surface area contributed by atoms with E-state index < -0.39 is 15.9 Å². The lowest BCUT2D eigenvalue weighted by atomic mass is 9.98. The number of carbonyl (C=O) groups is 1. The zero-order valence-electron chi connectivity index (χ0n) is 18.3. The number of sulfonamides is 1. The van der Waals surface area contributed by atoms with Gasteiger partial charge in [-0.1, -0.05) is 49.7 Å². The van der Waals surface area contributed by atoms with Crippen molar-refractivity contribution in [3.05, 3.63) is 83.3 Å². The van der Waals surface area contributed by atoms with E-state index in [0.717, 1.165) is 26.7 Å². The molecule has 0 saturated heterocycles. The van der Waals surface area contributed by atoms with Crippen molar-refractivity contribution in [2.45, 2.75) is 45.1 Å². The molecule has 0 aliphatic heterocycles. The average molecular weight is 441 g/mol. The molecule has 3 aromatic rings. The molecule has 0 fully saturated rings. The molecule has 1 aromatic heterocycles. The molecule has 0 atom stereocenters. The number of furan rings is 1. The smallest absolute Gasteiger partial charge is 0.243 e. The Kier molecular flexibility index (Phi) is 6.97. The van der Waals surface area contributed by atoms with Crippen LogP contribution in [0, 0.1) is 13.8 Å². The van der Waals surface area contributed by atoms with Crippen molar-refractivity contribution in [3.8, 4) is 0 Å². The number of amides is 1. The lowest BCUT2D eigenvalue weighted by molar-refractivity contribution is -0.116. The maximum Gasteiger partial charge on any atom is 0.243 e. The summed E-state index contributed by atoms with van der Waals surface area (Å²) < 4.78 is 33.1. The Bertz CT molecular complexity index is 1130. The van der Waals surface area contributed by atoms with Crippen molar-refractivity contribution in [2.24, 2.45) is 0 Å². The van der Waals surface area contributed by atoms with Gasteiger partial charge in [0.15, 0.2) is 0 Å². The number of carbonyl (C=O) groups excluding carboxylic acids is 1. The summed E-state index contributed by atoms with van der Waals surface area (Å²) in [6, 6.07) is 15.8. The van der Waals surface area contributed by atoms with E-state index >= 15 is 0 Å². The summed E-state index contributed by atoms with van der Waals surface area (Å²) in [7, 11) is -3.91. The van der Waals surface area contributed by atoms with Crippen LogP contribution in [-0.4, -0.2) is 25.2 Å². The van der Waals surface area contributed by atoms with Crippen LogP contribution in [0.1, 0.15) is 42.2 Å². The van der Waals surface area contributed by atoms with E-state index in [0.29, 0.717) is 5.76 Å². The summed E-state index contributed by atoms with van der Waals surface area (Å²) in [5.74, 6) is 0.270. The first-order valence-electron chi connectivity index (χ1n) is 10.2. The van der Waals surface area contributed by atoms with Gasteiger partial charge in [0, 0.05) is 5.69 Å². The zero-order valence-corrected chi connectivity index (χ0v) is 19.1. The van der Waals surface area contributed by atoms with Crippen LogP contribution in [0.15, 0.2) is 70.2 Å². The minimum Gasteiger partial charge on any atom is -0.468 e. The number of benzene rings is 2. The van der Waals surface area contributed by atoms with Gasteiger partial charge in [-0.3, -0.25) is 4.79 Å². The average Bonchev–Trinajstić information content (AvgIpc) is 3.22. The van der Waals surface area contributed by atoms with Gasteiger partial charge >= 0.3 is 0 Å². The van der Waals surface area contributed by atoms with E-state index in [2.05, 4.69) is 19.2 Å². The van der Waals surface area contributed by atoms with Crippen molar-refractivity contribution in [2.75, 3.05) is 11.9 Å². The number of hydrogen-bond donors (Lipinski definition) is 1. The van der Waals surface area contributed by atoms with Crippen LogP contribution in [0.25, 0.3) is 0 Å². The van der Waals surface area contributed by atoms with E-state index in [9.17, 15) is 13.2 Å². The van der Waals surface area contributed by atoms with Gasteiger partial charge in [-0.15, -0.1) is 0 Å². The van der Waals surface area contributed by atoms with Crippen LogP contribution in [0.2, 0.25) is 0 Å². The normalized spacial score (nSPS) is 11.8. The minimum atomic E-state index is -3.91. The van der Waals surface area contributed by atoms with Crippen LogP contribution in [0.4, 0.5) is 5.69 Å². The molecule has 0 aliphatic carbocycles. The van der Waals surface area contributed by atoms with Gasteiger partial charge in [0.2, 0.25) is 15.9 Å². The highest BCUT2D eigenvalue weighted by Gasteiger charge is 2.28. The molecule has 3 rings (SSSR count). The van der Waals surface area contributed by atoms with Crippen LogP contribution in [-0.2, 0) is 21.4 Å². The highest BCUT2D eigenvalue weighted by atomic mass is 32.2. The van der Waals surface area contributed by atoms with Crippen molar-refractivity contribution < 1.29 is 17.6 Å². The van der Waals surface area contributed by atoms with Crippen molar-refractivity contribution in [1.82, 2.24) is 4.31 Å². The highest BCUT2D eigenvalue weighted by molar-refractivity contribution is 7.89. The molecule has 0 bridgehead atoms. The van der Waals surface area contributed by atoms with Gasteiger partial charge in [-0.25, -0.2) is 8.42 Å².